The monoisotopic (exact) mass is 713 g/mol. The molecule has 0 N–H and O–H groups in total. The van der Waals surface area contributed by atoms with Gasteiger partial charge < -0.3 is 9.32 Å². The fourth-order valence-corrected chi connectivity index (χ4v) is 8.69. The van der Waals surface area contributed by atoms with E-state index in [9.17, 15) is 0 Å². The molecule has 0 saturated carbocycles. The highest BCUT2D eigenvalue weighted by Gasteiger charge is 2.22. The molecule has 262 valence electrons. The van der Waals surface area contributed by atoms with Crippen molar-refractivity contribution in [2.45, 2.75) is 0 Å². The summed E-state index contributed by atoms with van der Waals surface area (Å²) in [6, 6.07) is 76.5. The molecule has 2 nitrogen and oxygen atoms in total. The lowest BCUT2D eigenvalue weighted by atomic mass is 9.91. The number of hydrogen-bond donors (Lipinski definition) is 0. The predicted octanol–water partition coefficient (Wildman–Crippen LogP) is 15.5. The third kappa shape index (κ3) is 5.26. The molecule has 0 spiro atoms. The van der Waals surface area contributed by atoms with Crippen LogP contribution in [0.2, 0.25) is 0 Å². The summed E-state index contributed by atoms with van der Waals surface area (Å²) >= 11 is 0. The van der Waals surface area contributed by atoms with E-state index in [0.29, 0.717) is 0 Å². The highest BCUT2D eigenvalue weighted by atomic mass is 16.3. The maximum atomic E-state index is 6.74. The van der Waals surface area contributed by atoms with E-state index in [1.54, 1.807) is 0 Å². The van der Waals surface area contributed by atoms with Crippen LogP contribution in [0.4, 0.5) is 17.1 Å². The minimum absolute atomic E-state index is 0.863. The molecule has 0 bridgehead atoms. The van der Waals surface area contributed by atoms with Gasteiger partial charge in [0.1, 0.15) is 11.2 Å². The van der Waals surface area contributed by atoms with Crippen LogP contribution in [0.25, 0.3) is 87.6 Å². The van der Waals surface area contributed by atoms with Gasteiger partial charge in [-0.15, -0.1) is 0 Å². The molecule has 0 saturated heterocycles. The quantitative estimate of drug-likeness (QED) is 0.171. The number of anilines is 3. The normalized spacial score (nSPS) is 11.6. The van der Waals surface area contributed by atoms with Crippen LogP contribution in [0.1, 0.15) is 0 Å². The fraction of sp³-hybridized carbons (Fsp3) is 0. The molecule has 0 aliphatic carbocycles. The van der Waals surface area contributed by atoms with E-state index in [2.05, 4.69) is 217 Å². The molecular formula is C54H35NO. The molecule has 10 aromatic carbocycles. The average Bonchev–Trinajstić information content (AvgIpc) is 3.67. The Labute approximate surface area is 325 Å². The molecule has 1 heterocycles. The smallest absolute Gasteiger partial charge is 0.143 e. The number of hydrogen-bond acceptors (Lipinski definition) is 2. The van der Waals surface area contributed by atoms with Crippen molar-refractivity contribution in [1.82, 2.24) is 0 Å². The van der Waals surface area contributed by atoms with Crippen molar-refractivity contribution in [3.63, 3.8) is 0 Å². The summed E-state index contributed by atoms with van der Waals surface area (Å²) in [7, 11) is 0. The van der Waals surface area contributed by atoms with Crippen molar-refractivity contribution in [3.8, 4) is 33.4 Å². The van der Waals surface area contributed by atoms with Crippen LogP contribution in [0.15, 0.2) is 217 Å². The summed E-state index contributed by atoms with van der Waals surface area (Å²) in [5.74, 6) is 0. The van der Waals surface area contributed by atoms with Gasteiger partial charge in [0.25, 0.3) is 0 Å². The molecule has 56 heavy (non-hydrogen) atoms. The van der Waals surface area contributed by atoms with Gasteiger partial charge in [-0.05, 0) is 103 Å². The number of rotatable bonds is 6. The van der Waals surface area contributed by atoms with Gasteiger partial charge in [0.05, 0.1) is 11.1 Å². The van der Waals surface area contributed by atoms with Crippen LogP contribution >= 0.6 is 0 Å². The molecular weight excluding hydrogens is 679 g/mol. The SMILES string of the molecule is c1ccc(-c2cccc3cccc(-c4cccc(N(c5cccc(-c6cccc7ccccc67)c5)c5cccc6oc7c8ccccc8ccc7c56)c4)c23)cc1. The number of fused-ring (bicyclic) bond motifs is 7. The lowest BCUT2D eigenvalue weighted by Crippen LogP contribution is -2.10. The van der Waals surface area contributed by atoms with Gasteiger partial charge in [-0.3, -0.25) is 0 Å². The molecule has 0 fully saturated rings. The standard InChI is InChI=1S/C54H35NO/c1-2-14-37(15-3-1)46-28-11-19-39-20-12-29-47(52(39)46)41-22-9-24-43(35-41)55(42-23-8-21-40(34-42)45-27-10-18-36-16-4-6-25-44(36)45)50-30-13-31-51-53(50)49-33-32-38-17-5-7-26-48(38)54(49)56-51/h1-35H. The van der Waals surface area contributed by atoms with Crippen LogP contribution in [0, 0.1) is 0 Å². The zero-order valence-electron chi connectivity index (χ0n) is 30.6. The Morgan fingerprint density at radius 2 is 0.857 bits per heavy atom. The summed E-state index contributed by atoms with van der Waals surface area (Å²) in [6.07, 6.45) is 0. The van der Waals surface area contributed by atoms with E-state index < -0.39 is 0 Å². The Kier molecular flexibility index (Phi) is 7.53. The van der Waals surface area contributed by atoms with Crippen molar-refractivity contribution >= 4 is 71.3 Å². The zero-order valence-corrected chi connectivity index (χ0v) is 30.6. The molecule has 2 heteroatoms. The minimum Gasteiger partial charge on any atom is -0.455 e. The summed E-state index contributed by atoms with van der Waals surface area (Å²) in [5.41, 5.74) is 12.1. The van der Waals surface area contributed by atoms with E-state index in [0.717, 1.165) is 60.9 Å². The van der Waals surface area contributed by atoms with Crippen LogP contribution in [-0.2, 0) is 0 Å². The van der Waals surface area contributed by atoms with E-state index in [1.807, 2.05) is 0 Å². The average molecular weight is 714 g/mol. The van der Waals surface area contributed by atoms with Gasteiger partial charge in [0.15, 0.2) is 0 Å². The first-order valence-electron chi connectivity index (χ1n) is 19.2. The van der Waals surface area contributed by atoms with Gasteiger partial charge in [0.2, 0.25) is 0 Å². The molecule has 11 aromatic rings. The lowest BCUT2D eigenvalue weighted by molar-refractivity contribution is 0.672. The molecule has 11 rings (SSSR count). The largest absolute Gasteiger partial charge is 0.455 e. The van der Waals surface area contributed by atoms with E-state index in [4.69, 9.17) is 4.42 Å². The van der Waals surface area contributed by atoms with Crippen molar-refractivity contribution in [1.29, 1.82) is 0 Å². The van der Waals surface area contributed by atoms with E-state index in [1.165, 1.54) is 43.8 Å². The number of benzene rings is 10. The second-order valence-electron chi connectivity index (χ2n) is 14.5. The second kappa shape index (κ2) is 13.2. The predicted molar refractivity (Wildman–Crippen MR) is 237 cm³/mol. The molecule has 0 aliphatic rings. The summed E-state index contributed by atoms with van der Waals surface area (Å²) < 4.78 is 6.74. The van der Waals surface area contributed by atoms with Crippen molar-refractivity contribution in [2.24, 2.45) is 0 Å². The number of nitrogens with zero attached hydrogens (tertiary/aromatic N) is 1. The topological polar surface area (TPSA) is 16.4 Å². The lowest BCUT2D eigenvalue weighted by Gasteiger charge is -2.27. The first-order valence-corrected chi connectivity index (χ1v) is 19.2. The molecule has 0 radical (unpaired) electrons. The second-order valence-corrected chi connectivity index (χ2v) is 14.5. The Morgan fingerprint density at radius 3 is 1.61 bits per heavy atom. The maximum Gasteiger partial charge on any atom is 0.143 e. The molecule has 0 atom stereocenters. The van der Waals surface area contributed by atoms with Crippen LogP contribution < -0.4 is 4.90 Å². The van der Waals surface area contributed by atoms with E-state index >= 15 is 0 Å². The Hall–Kier alpha value is -7.42. The molecule has 1 aromatic heterocycles. The third-order valence-electron chi connectivity index (χ3n) is 11.2. The van der Waals surface area contributed by atoms with Gasteiger partial charge in [-0.25, -0.2) is 0 Å². The summed E-state index contributed by atoms with van der Waals surface area (Å²) in [4.78, 5) is 2.41. The van der Waals surface area contributed by atoms with Crippen LogP contribution in [0.3, 0.4) is 0 Å². The Morgan fingerprint density at radius 1 is 0.321 bits per heavy atom. The Bertz CT molecular complexity index is 3260. The van der Waals surface area contributed by atoms with Crippen LogP contribution in [0.5, 0.6) is 0 Å². The van der Waals surface area contributed by atoms with E-state index in [-0.39, 0.29) is 0 Å². The highest BCUT2D eigenvalue weighted by Crippen LogP contribution is 2.46. The van der Waals surface area contributed by atoms with Gasteiger partial charge in [-0.1, -0.05) is 170 Å². The molecule has 0 unspecified atom stereocenters. The number of furan rings is 1. The first kappa shape index (κ1) is 32.0. The van der Waals surface area contributed by atoms with Crippen LogP contribution in [-0.4, -0.2) is 0 Å². The fourth-order valence-electron chi connectivity index (χ4n) is 8.69. The van der Waals surface area contributed by atoms with Gasteiger partial charge >= 0.3 is 0 Å². The minimum atomic E-state index is 0.863. The molecule has 0 aliphatic heterocycles. The van der Waals surface area contributed by atoms with Crippen molar-refractivity contribution in [3.05, 3.63) is 212 Å². The summed E-state index contributed by atoms with van der Waals surface area (Å²) in [6.45, 7) is 0. The highest BCUT2D eigenvalue weighted by molar-refractivity contribution is 6.19. The van der Waals surface area contributed by atoms with Crippen molar-refractivity contribution < 1.29 is 4.42 Å². The third-order valence-corrected chi connectivity index (χ3v) is 11.2. The zero-order chi connectivity index (χ0) is 37.0. The Balaban J connectivity index is 1.16. The van der Waals surface area contributed by atoms with Crippen molar-refractivity contribution in [2.75, 3.05) is 4.90 Å². The summed E-state index contributed by atoms with van der Waals surface area (Å²) in [5, 5.41) is 9.40. The first-order chi connectivity index (χ1) is 27.8. The maximum absolute atomic E-state index is 6.74. The van der Waals surface area contributed by atoms with Gasteiger partial charge in [0, 0.05) is 22.1 Å². The molecule has 0 amide bonds. The van der Waals surface area contributed by atoms with Gasteiger partial charge in [-0.2, -0.15) is 0 Å².